The third-order valence-electron chi connectivity index (χ3n) is 3.98. The van der Waals surface area contributed by atoms with Crippen molar-refractivity contribution in [3.8, 4) is 0 Å². The fourth-order valence-corrected chi connectivity index (χ4v) is 2.69. The summed E-state index contributed by atoms with van der Waals surface area (Å²) in [5.74, 6) is -0.184. The molecule has 0 spiro atoms. The van der Waals surface area contributed by atoms with Gasteiger partial charge in [-0.15, -0.1) is 0 Å². The van der Waals surface area contributed by atoms with Gasteiger partial charge in [-0.1, -0.05) is 44.2 Å². The minimum atomic E-state index is -0.135. The lowest BCUT2D eigenvalue weighted by molar-refractivity contribution is 0.0767. The van der Waals surface area contributed by atoms with Crippen molar-refractivity contribution in [1.29, 1.82) is 0 Å². The highest BCUT2D eigenvalue weighted by atomic mass is 16.2. The Hall–Kier alpha value is -2.16. The second-order valence-electron chi connectivity index (χ2n) is 5.71. The van der Waals surface area contributed by atoms with Gasteiger partial charge < -0.3 is 4.90 Å². The maximum Gasteiger partial charge on any atom is 0.255 e. The van der Waals surface area contributed by atoms with Crippen LogP contribution in [0, 0.1) is 5.92 Å². The fraction of sp³-hybridized carbons (Fsp3) is 0.368. The van der Waals surface area contributed by atoms with Crippen LogP contribution >= 0.6 is 0 Å². The van der Waals surface area contributed by atoms with E-state index in [1.807, 2.05) is 58.0 Å². The Morgan fingerprint density at radius 2 is 1.64 bits per heavy atom. The first-order chi connectivity index (χ1) is 10.5. The maximum atomic E-state index is 12.9. The molecule has 2 aromatic rings. The highest BCUT2D eigenvalue weighted by molar-refractivity contribution is 6.16. The van der Waals surface area contributed by atoms with E-state index in [9.17, 15) is 9.59 Å². The number of rotatable bonds is 5. The van der Waals surface area contributed by atoms with Crippen molar-refractivity contribution in [1.82, 2.24) is 4.90 Å². The number of hydrogen-bond acceptors (Lipinski definition) is 2. The highest BCUT2D eigenvalue weighted by Gasteiger charge is 2.24. The molecule has 22 heavy (non-hydrogen) atoms. The van der Waals surface area contributed by atoms with Crippen LogP contribution < -0.4 is 0 Å². The quantitative estimate of drug-likeness (QED) is 0.777. The van der Waals surface area contributed by atoms with Gasteiger partial charge in [0.2, 0.25) is 0 Å². The summed E-state index contributed by atoms with van der Waals surface area (Å²) in [7, 11) is 0. The molecule has 0 unspecified atom stereocenters. The van der Waals surface area contributed by atoms with Gasteiger partial charge in [0.1, 0.15) is 0 Å². The first-order valence-electron chi connectivity index (χ1n) is 7.86. The summed E-state index contributed by atoms with van der Waals surface area (Å²) < 4.78 is 0. The fourth-order valence-electron chi connectivity index (χ4n) is 2.69. The predicted octanol–water partition coefficient (Wildman–Crippen LogP) is 4.16. The lowest BCUT2D eigenvalue weighted by atomic mass is 9.91. The average molecular weight is 297 g/mol. The molecule has 1 amide bonds. The number of ketones is 1. The molecule has 3 nitrogen and oxygen atoms in total. The Morgan fingerprint density at radius 1 is 1.00 bits per heavy atom. The Bertz CT molecular complexity index is 700. The minimum Gasteiger partial charge on any atom is -0.339 e. The van der Waals surface area contributed by atoms with Gasteiger partial charge in [-0.05, 0) is 30.7 Å². The first-order valence-corrected chi connectivity index (χ1v) is 7.86. The Kier molecular flexibility index (Phi) is 4.96. The summed E-state index contributed by atoms with van der Waals surface area (Å²) in [6.07, 6.45) is 0. The van der Waals surface area contributed by atoms with Crippen LogP contribution in [-0.4, -0.2) is 29.7 Å². The molecule has 0 radical (unpaired) electrons. The molecule has 0 atom stereocenters. The van der Waals surface area contributed by atoms with E-state index in [0.29, 0.717) is 24.2 Å². The first kappa shape index (κ1) is 16.2. The molecular formula is C19H23NO2. The van der Waals surface area contributed by atoms with E-state index >= 15 is 0 Å². The molecule has 0 fully saturated rings. The predicted molar refractivity (Wildman–Crippen MR) is 90.4 cm³/mol. The van der Waals surface area contributed by atoms with Crippen molar-refractivity contribution in [2.24, 2.45) is 5.92 Å². The number of fused-ring (bicyclic) bond motifs is 1. The zero-order chi connectivity index (χ0) is 16.3. The zero-order valence-electron chi connectivity index (χ0n) is 13.7. The van der Waals surface area contributed by atoms with Crippen LogP contribution in [0.1, 0.15) is 48.4 Å². The average Bonchev–Trinajstić information content (AvgIpc) is 2.53. The molecule has 0 N–H and O–H groups in total. The van der Waals surface area contributed by atoms with Crippen molar-refractivity contribution in [2.45, 2.75) is 27.7 Å². The van der Waals surface area contributed by atoms with E-state index in [-0.39, 0.29) is 17.6 Å². The number of benzene rings is 2. The number of nitrogens with zero attached hydrogens (tertiary/aromatic N) is 1. The molecule has 2 aromatic carbocycles. The van der Waals surface area contributed by atoms with Crippen molar-refractivity contribution in [2.75, 3.05) is 13.1 Å². The normalized spacial score (nSPS) is 11.0. The van der Waals surface area contributed by atoms with Gasteiger partial charge in [-0.25, -0.2) is 0 Å². The third-order valence-corrected chi connectivity index (χ3v) is 3.98. The molecule has 0 aliphatic rings. The van der Waals surface area contributed by atoms with Gasteiger partial charge in [0.05, 0.1) is 5.56 Å². The van der Waals surface area contributed by atoms with Crippen LogP contribution in [0.3, 0.4) is 0 Å². The number of carbonyl (C=O) groups excluding carboxylic acids is 2. The van der Waals surface area contributed by atoms with Crippen LogP contribution in [0.2, 0.25) is 0 Å². The molecular weight excluding hydrogens is 274 g/mol. The van der Waals surface area contributed by atoms with Gasteiger partial charge in [-0.3, -0.25) is 9.59 Å². The van der Waals surface area contributed by atoms with E-state index < -0.39 is 0 Å². The Morgan fingerprint density at radius 3 is 2.23 bits per heavy atom. The topological polar surface area (TPSA) is 37.4 Å². The molecule has 0 bridgehead atoms. The molecule has 2 rings (SSSR count). The molecule has 0 aromatic heterocycles. The monoisotopic (exact) mass is 297 g/mol. The number of Topliss-reactive ketones (excluding diaryl/α,β-unsaturated/α-hetero) is 1. The largest absolute Gasteiger partial charge is 0.339 e. The van der Waals surface area contributed by atoms with E-state index in [2.05, 4.69) is 0 Å². The zero-order valence-corrected chi connectivity index (χ0v) is 13.7. The second kappa shape index (κ2) is 6.73. The third kappa shape index (κ3) is 2.89. The van der Waals surface area contributed by atoms with Gasteiger partial charge >= 0.3 is 0 Å². The van der Waals surface area contributed by atoms with Gasteiger partial charge in [-0.2, -0.15) is 0 Å². The van der Waals surface area contributed by atoms with E-state index in [0.717, 1.165) is 10.8 Å². The van der Waals surface area contributed by atoms with Crippen molar-refractivity contribution >= 4 is 22.5 Å². The Balaban J connectivity index is 2.73. The van der Waals surface area contributed by atoms with Crippen molar-refractivity contribution in [3.63, 3.8) is 0 Å². The number of hydrogen-bond donors (Lipinski definition) is 0. The minimum absolute atomic E-state index is 0.0151. The second-order valence-corrected chi connectivity index (χ2v) is 5.71. The maximum absolute atomic E-state index is 12.9. The summed E-state index contributed by atoms with van der Waals surface area (Å²) in [5, 5.41) is 1.84. The smallest absolute Gasteiger partial charge is 0.255 e. The van der Waals surface area contributed by atoms with Gasteiger partial charge in [0, 0.05) is 24.6 Å². The molecule has 0 aliphatic carbocycles. The van der Waals surface area contributed by atoms with Crippen molar-refractivity contribution in [3.05, 3.63) is 47.5 Å². The summed E-state index contributed by atoms with van der Waals surface area (Å²) >= 11 is 0. The molecule has 116 valence electrons. The summed E-state index contributed by atoms with van der Waals surface area (Å²) in [5.41, 5.74) is 1.08. The number of carbonyl (C=O) groups is 2. The van der Waals surface area contributed by atoms with Gasteiger partial charge in [0.15, 0.2) is 5.78 Å². The lowest BCUT2D eigenvalue weighted by Gasteiger charge is -2.22. The molecule has 0 saturated carbocycles. The van der Waals surface area contributed by atoms with Crippen LogP contribution in [-0.2, 0) is 0 Å². The number of amides is 1. The standard InChI is InChI=1S/C19H23NO2/c1-5-20(6-2)19(22)17-15-10-8-7-9-14(15)11-12-16(17)18(21)13(3)4/h7-13H,5-6H2,1-4H3. The molecule has 0 saturated heterocycles. The van der Waals surface area contributed by atoms with E-state index in [1.54, 1.807) is 11.0 Å². The Labute approximate surface area is 131 Å². The molecule has 0 aliphatic heterocycles. The van der Waals surface area contributed by atoms with Crippen LogP contribution in [0.5, 0.6) is 0 Å². The molecule has 0 heterocycles. The van der Waals surface area contributed by atoms with Crippen LogP contribution in [0.15, 0.2) is 36.4 Å². The summed E-state index contributed by atoms with van der Waals surface area (Å²) in [6, 6.07) is 11.5. The van der Waals surface area contributed by atoms with Crippen LogP contribution in [0.4, 0.5) is 0 Å². The summed E-state index contributed by atoms with van der Waals surface area (Å²) in [6.45, 7) is 8.90. The lowest BCUT2D eigenvalue weighted by Crippen LogP contribution is -2.32. The highest BCUT2D eigenvalue weighted by Crippen LogP contribution is 2.26. The van der Waals surface area contributed by atoms with Gasteiger partial charge in [0.25, 0.3) is 5.91 Å². The summed E-state index contributed by atoms with van der Waals surface area (Å²) in [4.78, 5) is 27.2. The van der Waals surface area contributed by atoms with Crippen LogP contribution in [0.25, 0.3) is 10.8 Å². The van der Waals surface area contributed by atoms with E-state index in [4.69, 9.17) is 0 Å². The SMILES string of the molecule is CCN(CC)C(=O)c1c(C(=O)C(C)C)ccc2ccccc12. The van der Waals surface area contributed by atoms with E-state index in [1.165, 1.54) is 0 Å². The van der Waals surface area contributed by atoms with Crippen molar-refractivity contribution < 1.29 is 9.59 Å². The molecule has 3 heteroatoms.